The number of fused-ring (bicyclic) bond motifs is 1. The molecule has 1 aromatic heterocycles. The highest BCUT2D eigenvalue weighted by Crippen LogP contribution is 2.27. The first kappa shape index (κ1) is 9.16. The third-order valence-corrected chi connectivity index (χ3v) is 4.20. The predicted octanol–water partition coefficient (Wildman–Crippen LogP) is 3.79. The second kappa shape index (κ2) is 3.76. The Morgan fingerprint density at radius 1 is 1.46 bits per heavy atom. The van der Waals surface area contributed by atoms with Crippen molar-refractivity contribution in [3.8, 4) is 0 Å². The molecule has 13 heavy (non-hydrogen) atoms. The molecule has 1 heterocycles. The Balaban J connectivity index is 2.49. The Labute approximate surface area is 89.9 Å². The number of thiazole rings is 1. The normalized spacial score (nSPS) is 13.4. The Morgan fingerprint density at radius 2 is 2.23 bits per heavy atom. The van der Waals surface area contributed by atoms with Gasteiger partial charge in [0.15, 0.2) is 0 Å². The summed E-state index contributed by atoms with van der Waals surface area (Å²) in [5.41, 5.74) is 1.12. The highest BCUT2D eigenvalue weighted by molar-refractivity contribution is 9.09. The lowest BCUT2D eigenvalue weighted by Crippen LogP contribution is -1.91. The van der Waals surface area contributed by atoms with Crippen LogP contribution in [0.3, 0.4) is 0 Å². The number of aromatic nitrogens is 1. The lowest BCUT2D eigenvalue weighted by Gasteiger charge is -1.99. The summed E-state index contributed by atoms with van der Waals surface area (Å²) in [6.07, 6.45) is 0. The maximum Gasteiger partial charge on any atom is 0.0975 e. The molecule has 0 saturated carbocycles. The van der Waals surface area contributed by atoms with Gasteiger partial charge in [-0.1, -0.05) is 35.0 Å². The fourth-order valence-corrected chi connectivity index (χ4v) is 2.71. The van der Waals surface area contributed by atoms with Crippen molar-refractivity contribution in [3.05, 3.63) is 29.3 Å². The third kappa shape index (κ3) is 1.76. The van der Waals surface area contributed by atoms with E-state index in [1.54, 1.807) is 11.3 Å². The summed E-state index contributed by atoms with van der Waals surface area (Å²) in [6.45, 7) is 2.19. The molecule has 0 spiro atoms. The van der Waals surface area contributed by atoms with E-state index < -0.39 is 0 Å². The van der Waals surface area contributed by atoms with Crippen LogP contribution in [-0.4, -0.2) is 10.3 Å². The molecule has 3 heteroatoms. The van der Waals surface area contributed by atoms with Gasteiger partial charge in [0, 0.05) is 11.2 Å². The monoisotopic (exact) mass is 255 g/mol. The van der Waals surface area contributed by atoms with Crippen LogP contribution >= 0.6 is 27.3 Å². The lowest BCUT2D eigenvalue weighted by molar-refractivity contribution is 0.877. The molecule has 0 saturated heterocycles. The number of rotatable bonds is 2. The molecule has 0 amide bonds. The number of alkyl halides is 1. The van der Waals surface area contributed by atoms with Gasteiger partial charge < -0.3 is 0 Å². The Kier molecular flexibility index (Phi) is 2.65. The second-order valence-electron chi connectivity index (χ2n) is 3.08. The fraction of sp³-hybridized carbons (Fsp3) is 0.300. The molecule has 0 aliphatic rings. The number of hydrogen-bond donors (Lipinski definition) is 0. The molecule has 0 N–H and O–H groups in total. The molecule has 1 atom stereocenters. The maximum absolute atomic E-state index is 4.57. The topological polar surface area (TPSA) is 12.9 Å². The molecule has 1 unspecified atom stereocenters. The van der Waals surface area contributed by atoms with Crippen molar-refractivity contribution in [1.29, 1.82) is 0 Å². The van der Waals surface area contributed by atoms with Crippen molar-refractivity contribution >= 4 is 37.5 Å². The second-order valence-corrected chi connectivity index (χ2v) is 4.78. The largest absolute Gasteiger partial charge is 0.241 e. The average Bonchev–Trinajstić information content (AvgIpc) is 2.59. The highest BCUT2D eigenvalue weighted by Gasteiger charge is 2.09. The van der Waals surface area contributed by atoms with E-state index in [1.165, 1.54) is 9.71 Å². The minimum atomic E-state index is 0.511. The molecule has 0 aliphatic heterocycles. The molecule has 0 radical (unpaired) electrons. The van der Waals surface area contributed by atoms with E-state index in [9.17, 15) is 0 Å². The van der Waals surface area contributed by atoms with Crippen LogP contribution in [0.1, 0.15) is 17.8 Å². The standard InChI is InChI=1S/C10H10BrNS/c1-7(6-11)10-12-8-4-2-3-5-9(8)13-10/h2-5,7H,6H2,1H3. The summed E-state index contributed by atoms with van der Waals surface area (Å²) < 4.78 is 1.28. The zero-order valence-electron chi connectivity index (χ0n) is 7.33. The molecule has 1 nitrogen and oxygen atoms in total. The van der Waals surface area contributed by atoms with Crippen molar-refractivity contribution in [2.24, 2.45) is 0 Å². The van der Waals surface area contributed by atoms with Crippen molar-refractivity contribution in [2.75, 3.05) is 5.33 Å². The van der Waals surface area contributed by atoms with E-state index in [2.05, 4.69) is 46.0 Å². The summed E-state index contributed by atoms with van der Waals surface area (Å²) in [6, 6.07) is 8.28. The van der Waals surface area contributed by atoms with Crippen LogP contribution in [0.4, 0.5) is 0 Å². The predicted molar refractivity (Wildman–Crippen MR) is 61.8 cm³/mol. The SMILES string of the molecule is CC(CBr)c1nc2ccccc2s1. The first-order valence-corrected chi connectivity index (χ1v) is 6.16. The molecule has 0 bridgehead atoms. The van der Waals surface area contributed by atoms with Crippen LogP contribution in [0.15, 0.2) is 24.3 Å². The van der Waals surface area contributed by atoms with E-state index in [0.717, 1.165) is 10.8 Å². The first-order chi connectivity index (χ1) is 6.31. The number of hydrogen-bond acceptors (Lipinski definition) is 2. The van der Waals surface area contributed by atoms with Crippen molar-refractivity contribution < 1.29 is 0 Å². The van der Waals surface area contributed by atoms with E-state index in [0.29, 0.717) is 5.92 Å². The number of halogens is 1. The summed E-state index contributed by atoms with van der Waals surface area (Å²) in [7, 11) is 0. The van der Waals surface area contributed by atoms with Crippen LogP contribution in [0.25, 0.3) is 10.2 Å². The lowest BCUT2D eigenvalue weighted by atomic mass is 10.2. The first-order valence-electron chi connectivity index (χ1n) is 4.22. The van der Waals surface area contributed by atoms with Gasteiger partial charge in [-0.05, 0) is 12.1 Å². The maximum atomic E-state index is 4.57. The zero-order chi connectivity index (χ0) is 9.26. The van der Waals surface area contributed by atoms with E-state index in [-0.39, 0.29) is 0 Å². The minimum absolute atomic E-state index is 0.511. The minimum Gasteiger partial charge on any atom is -0.241 e. The van der Waals surface area contributed by atoms with Gasteiger partial charge in [0.1, 0.15) is 0 Å². The quantitative estimate of drug-likeness (QED) is 0.745. The number of nitrogens with zero attached hydrogens (tertiary/aromatic N) is 1. The van der Waals surface area contributed by atoms with Gasteiger partial charge in [-0.15, -0.1) is 11.3 Å². The van der Waals surface area contributed by atoms with Crippen LogP contribution < -0.4 is 0 Å². The zero-order valence-corrected chi connectivity index (χ0v) is 9.73. The van der Waals surface area contributed by atoms with E-state index >= 15 is 0 Å². The van der Waals surface area contributed by atoms with Crippen molar-refractivity contribution in [3.63, 3.8) is 0 Å². The molecular weight excluding hydrogens is 246 g/mol. The van der Waals surface area contributed by atoms with E-state index in [1.807, 2.05) is 6.07 Å². The van der Waals surface area contributed by atoms with Crippen LogP contribution in [-0.2, 0) is 0 Å². The van der Waals surface area contributed by atoms with Crippen LogP contribution in [0.2, 0.25) is 0 Å². The van der Waals surface area contributed by atoms with Gasteiger partial charge in [0.05, 0.1) is 15.2 Å². The highest BCUT2D eigenvalue weighted by atomic mass is 79.9. The Morgan fingerprint density at radius 3 is 2.92 bits per heavy atom. The Bertz CT molecular complexity index is 377. The third-order valence-electron chi connectivity index (χ3n) is 1.96. The van der Waals surface area contributed by atoms with Crippen molar-refractivity contribution in [1.82, 2.24) is 4.98 Å². The molecule has 2 rings (SSSR count). The number of benzene rings is 1. The molecule has 0 aliphatic carbocycles. The van der Waals surface area contributed by atoms with E-state index in [4.69, 9.17) is 0 Å². The van der Waals surface area contributed by atoms with Gasteiger partial charge in [-0.3, -0.25) is 0 Å². The van der Waals surface area contributed by atoms with Gasteiger partial charge in [0.25, 0.3) is 0 Å². The number of para-hydroxylation sites is 1. The molecule has 1 aromatic carbocycles. The van der Waals surface area contributed by atoms with Crippen LogP contribution in [0.5, 0.6) is 0 Å². The molecule has 2 aromatic rings. The van der Waals surface area contributed by atoms with Gasteiger partial charge in [-0.2, -0.15) is 0 Å². The summed E-state index contributed by atoms with van der Waals surface area (Å²) in [5, 5.41) is 2.20. The van der Waals surface area contributed by atoms with Gasteiger partial charge >= 0.3 is 0 Å². The Hall–Kier alpha value is -0.410. The van der Waals surface area contributed by atoms with Gasteiger partial charge in [-0.25, -0.2) is 4.98 Å². The summed E-state index contributed by atoms with van der Waals surface area (Å²) in [5.74, 6) is 0.511. The van der Waals surface area contributed by atoms with Gasteiger partial charge in [0.2, 0.25) is 0 Å². The van der Waals surface area contributed by atoms with Crippen molar-refractivity contribution in [2.45, 2.75) is 12.8 Å². The molecular formula is C10H10BrNS. The fourth-order valence-electron chi connectivity index (χ4n) is 1.17. The van der Waals surface area contributed by atoms with Crippen LogP contribution in [0, 0.1) is 0 Å². The average molecular weight is 256 g/mol. The molecule has 68 valence electrons. The summed E-state index contributed by atoms with van der Waals surface area (Å²) >= 11 is 5.26. The molecule has 0 fully saturated rings. The smallest absolute Gasteiger partial charge is 0.0975 e. The summed E-state index contributed by atoms with van der Waals surface area (Å²) in [4.78, 5) is 4.57.